The van der Waals surface area contributed by atoms with Crippen LogP contribution in [0.5, 0.6) is 0 Å². The van der Waals surface area contributed by atoms with Crippen molar-refractivity contribution in [3.8, 4) is 6.07 Å². The van der Waals surface area contributed by atoms with Gasteiger partial charge in [-0.2, -0.15) is 15.5 Å². The van der Waals surface area contributed by atoms with Crippen LogP contribution in [0.15, 0.2) is 24.3 Å². The quantitative estimate of drug-likeness (QED) is 0.939. The molecular weight excluding hydrogens is 271 g/mol. The molecule has 1 N–H and O–H groups in total. The lowest BCUT2D eigenvalue weighted by molar-refractivity contribution is 0.102. The first-order valence-corrected chi connectivity index (χ1v) is 6.39. The minimum absolute atomic E-state index is 0.118. The molecule has 2 rings (SSSR count). The van der Waals surface area contributed by atoms with Gasteiger partial charge in [-0.05, 0) is 37.6 Å². The van der Waals surface area contributed by atoms with E-state index in [1.54, 1.807) is 19.1 Å². The van der Waals surface area contributed by atoms with Crippen molar-refractivity contribution in [2.24, 2.45) is 0 Å². The molecule has 1 aromatic heterocycles. The van der Waals surface area contributed by atoms with Gasteiger partial charge in [0.25, 0.3) is 5.91 Å². The lowest BCUT2D eigenvalue weighted by Crippen LogP contribution is -2.16. The number of nitrogens with zero attached hydrogens (tertiary/aromatic N) is 3. The molecule has 0 radical (unpaired) electrons. The van der Waals surface area contributed by atoms with Crippen LogP contribution in [0.3, 0.4) is 0 Å². The number of halogens is 1. The van der Waals surface area contributed by atoms with Crippen molar-refractivity contribution in [1.29, 1.82) is 5.26 Å². The molecule has 6 heteroatoms. The van der Waals surface area contributed by atoms with Gasteiger partial charge in [-0.1, -0.05) is 6.92 Å². The SMILES string of the molecule is CCc1nnc(C)cc1C(=O)Nc1ccc(F)c(C#N)c1. The summed E-state index contributed by atoms with van der Waals surface area (Å²) in [5.74, 6) is -0.980. The van der Waals surface area contributed by atoms with Gasteiger partial charge in [-0.25, -0.2) is 4.39 Å². The van der Waals surface area contributed by atoms with Crippen LogP contribution in [-0.4, -0.2) is 16.1 Å². The molecule has 0 bridgehead atoms. The standard InChI is InChI=1S/C15H13FN4O/c1-3-14-12(6-9(2)19-20-14)15(21)18-11-4-5-13(16)10(7-11)8-17/h4-7H,3H2,1-2H3,(H,18,21). The van der Waals surface area contributed by atoms with Crippen molar-refractivity contribution < 1.29 is 9.18 Å². The third-order valence-corrected chi connectivity index (χ3v) is 2.92. The number of aromatic nitrogens is 2. The van der Waals surface area contributed by atoms with Crippen LogP contribution < -0.4 is 5.32 Å². The number of carbonyl (C=O) groups is 1. The van der Waals surface area contributed by atoms with Crippen molar-refractivity contribution in [1.82, 2.24) is 10.2 Å². The molecule has 1 amide bonds. The molecule has 0 saturated carbocycles. The topological polar surface area (TPSA) is 78.7 Å². The highest BCUT2D eigenvalue weighted by Crippen LogP contribution is 2.16. The minimum Gasteiger partial charge on any atom is -0.322 e. The fraction of sp³-hybridized carbons (Fsp3) is 0.200. The summed E-state index contributed by atoms with van der Waals surface area (Å²) in [5.41, 5.74) is 1.88. The third-order valence-electron chi connectivity index (χ3n) is 2.92. The number of carbonyl (C=O) groups excluding carboxylic acids is 1. The molecule has 1 aromatic carbocycles. The normalized spacial score (nSPS) is 10.0. The molecule has 0 aliphatic carbocycles. The molecule has 5 nitrogen and oxygen atoms in total. The van der Waals surface area contributed by atoms with Crippen LogP contribution in [0, 0.1) is 24.1 Å². The number of rotatable bonds is 3. The Bertz CT molecular complexity index is 737. The molecule has 21 heavy (non-hydrogen) atoms. The van der Waals surface area contributed by atoms with E-state index in [0.717, 1.165) is 6.07 Å². The lowest BCUT2D eigenvalue weighted by Gasteiger charge is -2.09. The Morgan fingerprint density at radius 1 is 1.38 bits per heavy atom. The van der Waals surface area contributed by atoms with Crippen LogP contribution in [0.2, 0.25) is 0 Å². The zero-order valence-electron chi connectivity index (χ0n) is 11.6. The Kier molecular flexibility index (Phi) is 4.24. The van der Waals surface area contributed by atoms with E-state index < -0.39 is 5.82 Å². The summed E-state index contributed by atoms with van der Waals surface area (Å²) < 4.78 is 13.2. The van der Waals surface area contributed by atoms with E-state index in [4.69, 9.17) is 5.26 Å². The highest BCUT2D eigenvalue weighted by atomic mass is 19.1. The van der Waals surface area contributed by atoms with Crippen LogP contribution in [0.25, 0.3) is 0 Å². The van der Waals surface area contributed by atoms with E-state index in [9.17, 15) is 9.18 Å². The highest BCUT2D eigenvalue weighted by molar-refractivity contribution is 6.05. The number of nitrogens with one attached hydrogen (secondary N) is 1. The summed E-state index contributed by atoms with van der Waals surface area (Å²) in [4.78, 5) is 12.3. The largest absolute Gasteiger partial charge is 0.322 e. The van der Waals surface area contributed by atoms with Gasteiger partial charge in [0.1, 0.15) is 11.9 Å². The van der Waals surface area contributed by atoms with Crippen LogP contribution in [-0.2, 0) is 6.42 Å². The summed E-state index contributed by atoms with van der Waals surface area (Å²) in [6.07, 6.45) is 0.572. The van der Waals surface area contributed by atoms with Crippen molar-refractivity contribution in [2.45, 2.75) is 20.3 Å². The Morgan fingerprint density at radius 3 is 2.81 bits per heavy atom. The summed E-state index contributed by atoms with van der Waals surface area (Å²) in [6.45, 7) is 3.62. The molecule has 0 aliphatic heterocycles. The molecule has 0 fully saturated rings. The van der Waals surface area contributed by atoms with Crippen LogP contribution in [0.4, 0.5) is 10.1 Å². The van der Waals surface area contributed by atoms with Crippen molar-refractivity contribution in [2.75, 3.05) is 5.32 Å². The Labute approximate surface area is 121 Å². The summed E-state index contributed by atoms with van der Waals surface area (Å²) in [5, 5.41) is 19.3. The predicted molar refractivity (Wildman–Crippen MR) is 75.2 cm³/mol. The number of anilines is 1. The third kappa shape index (κ3) is 3.20. The van der Waals surface area contributed by atoms with E-state index in [0.29, 0.717) is 29.1 Å². The molecule has 1 heterocycles. The highest BCUT2D eigenvalue weighted by Gasteiger charge is 2.14. The van der Waals surface area contributed by atoms with Gasteiger partial charge in [0.05, 0.1) is 22.5 Å². The lowest BCUT2D eigenvalue weighted by atomic mass is 10.1. The summed E-state index contributed by atoms with van der Waals surface area (Å²) in [7, 11) is 0. The second kappa shape index (κ2) is 6.09. The number of hydrogen-bond donors (Lipinski definition) is 1. The number of benzene rings is 1. The van der Waals surface area contributed by atoms with Gasteiger partial charge in [-0.15, -0.1) is 0 Å². The van der Waals surface area contributed by atoms with Crippen molar-refractivity contribution in [3.05, 3.63) is 52.6 Å². The first-order chi connectivity index (χ1) is 10.0. The molecule has 0 unspecified atom stereocenters. The van der Waals surface area contributed by atoms with Gasteiger partial charge in [0.2, 0.25) is 0 Å². The monoisotopic (exact) mass is 284 g/mol. The van der Waals surface area contributed by atoms with E-state index in [1.807, 2.05) is 6.92 Å². The smallest absolute Gasteiger partial charge is 0.257 e. The van der Waals surface area contributed by atoms with Gasteiger partial charge in [0.15, 0.2) is 0 Å². The van der Waals surface area contributed by atoms with Gasteiger partial charge < -0.3 is 5.32 Å². The first kappa shape index (κ1) is 14.6. The second-order valence-electron chi connectivity index (χ2n) is 4.46. The van der Waals surface area contributed by atoms with E-state index >= 15 is 0 Å². The number of aryl methyl sites for hydroxylation is 2. The summed E-state index contributed by atoms with van der Waals surface area (Å²) in [6, 6.07) is 7.22. The number of nitriles is 1. The first-order valence-electron chi connectivity index (χ1n) is 6.39. The van der Waals surface area contributed by atoms with Gasteiger partial charge in [0, 0.05) is 5.69 Å². The summed E-state index contributed by atoms with van der Waals surface area (Å²) >= 11 is 0. The molecular formula is C15H13FN4O. The van der Waals surface area contributed by atoms with Crippen LogP contribution >= 0.6 is 0 Å². The predicted octanol–water partition coefficient (Wildman–Crippen LogP) is 2.61. The zero-order valence-corrected chi connectivity index (χ0v) is 11.6. The molecule has 106 valence electrons. The second-order valence-corrected chi connectivity index (χ2v) is 4.46. The Balaban J connectivity index is 2.30. The number of hydrogen-bond acceptors (Lipinski definition) is 4. The molecule has 2 aromatic rings. The van der Waals surface area contributed by atoms with Gasteiger partial charge in [-0.3, -0.25) is 4.79 Å². The zero-order chi connectivity index (χ0) is 15.4. The van der Waals surface area contributed by atoms with E-state index in [2.05, 4.69) is 15.5 Å². The van der Waals surface area contributed by atoms with Crippen molar-refractivity contribution in [3.63, 3.8) is 0 Å². The maximum absolute atomic E-state index is 13.2. The van der Waals surface area contributed by atoms with Crippen molar-refractivity contribution >= 4 is 11.6 Å². The number of amides is 1. The van der Waals surface area contributed by atoms with E-state index in [1.165, 1.54) is 12.1 Å². The van der Waals surface area contributed by atoms with E-state index in [-0.39, 0.29) is 11.5 Å². The molecule has 0 aliphatic rings. The Morgan fingerprint density at radius 2 is 2.14 bits per heavy atom. The molecule has 0 spiro atoms. The van der Waals surface area contributed by atoms with Gasteiger partial charge >= 0.3 is 0 Å². The fourth-order valence-electron chi connectivity index (χ4n) is 1.86. The minimum atomic E-state index is -0.619. The Hall–Kier alpha value is -2.81. The molecule has 0 saturated heterocycles. The average Bonchev–Trinajstić information content (AvgIpc) is 2.49. The average molecular weight is 284 g/mol. The maximum atomic E-state index is 13.2. The maximum Gasteiger partial charge on any atom is 0.257 e. The fourth-order valence-corrected chi connectivity index (χ4v) is 1.86. The molecule has 0 atom stereocenters. The van der Waals surface area contributed by atoms with Crippen LogP contribution in [0.1, 0.15) is 34.2 Å².